The number of hydrogen-bond acceptors (Lipinski definition) is 34. The van der Waals surface area contributed by atoms with Crippen LogP contribution in [0.5, 0.6) is 0 Å². The van der Waals surface area contributed by atoms with E-state index in [9.17, 15) is 28.8 Å². The quantitative estimate of drug-likeness (QED) is 0.0247. The molecule has 0 radical (unpaired) electrons. The van der Waals surface area contributed by atoms with E-state index in [-0.39, 0.29) is 257 Å². The van der Waals surface area contributed by atoms with Crippen LogP contribution in [0.25, 0.3) is 0 Å². The van der Waals surface area contributed by atoms with Gasteiger partial charge in [-0.3, -0.25) is 34.0 Å². The molecule has 93 heavy (non-hydrogen) atoms. The van der Waals surface area contributed by atoms with Crippen LogP contribution in [0.2, 0.25) is 0 Å². The predicted octanol–water partition coefficient (Wildman–Crippen LogP) is -0.824. The summed E-state index contributed by atoms with van der Waals surface area (Å²) in [5, 5.41) is 17.5. The van der Waals surface area contributed by atoms with Crippen LogP contribution in [0.1, 0.15) is 26.2 Å². The second kappa shape index (κ2) is 75.3. The predicted molar refractivity (Wildman–Crippen MR) is 317 cm³/mol. The van der Waals surface area contributed by atoms with Crippen LogP contribution >= 0.6 is 0 Å². The summed E-state index contributed by atoms with van der Waals surface area (Å²) in [5.74, 6) is -0.975. The molecule has 548 valence electrons. The van der Waals surface area contributed by atoms with Crippen molar-refractivity contribution in [3.63, 3.8) is 0 Å². The van der Waals surface area contributed by atoms with Gasteiger partial charge in [0.1, 0.15) is 69.7 Å². The Morgan fingerprint density at radius 1 is 0.269 bits per heavy atom. The lowest BCUT2D eigenvalue weighted by molar-refractivity contribution is -0.244. The minimum Gasteiger partial charge on any atom is -0.481 e. The topological polar surface area (TPSA) is 392 Å². The summed E-state index contributed by atoms with van der Waals surface area (Å²) in [4.78, 5) is 67.9. The summed E-state index contributed by atoms with van der Waals surface area (Å²) in [6.45, 7) is 9.44. The molecule has 35 heteroatoms. The van der Waals surface area contributed by atoms with Gasteiger partial charge < -0.3 is 128 Å². The Kier molecular flexibility index (Phi) is 72.0. The lowest BCUT2D eigenvalue weighted by Gasteiger charge is -2.24. The van der Waals surface area contributed by atoms with Gasteiger partial charge in [0.2, 0.25) is 0 Å². The molecule has 0 aliphatic heterocycles. The average molecular weight is 1360 g/mol. The van der Waals surface area contributed by atoms with Gasteiger partial charge >= 0.3 is 5.97 Å². The molecule has 0 aromatic heterocycles. The Balaban J connectivity index is 6.23. The summed E-state index contributed by atoms with van der Waals surface area (Å²) in [6, 6.07) is 0. The van der Waals surface area contributed by atoms with E-state index >= 15 is 0 Å². The molecule has 0 saturated heterocycles. The number of ether oxygens (including phenoxy) is 26. The van der Waals surface area contributed by atoms with Gasteiger partial charge in [0, 0.05) is 13.2 Å². The molecular weight excluding hydrogens is 1260 g/mol. The monoisotopic (exact) mass is 1360 g/mol. The summed E-state index contributed by atoms with van der Waals surface area (Å²) >= 11 is 0. The fourth-order valence-electron chi connectivity index (χ4n) is 6.95. The van der Waals surface area contributed by atoms with Crippen molar-refractivity contribution in [1.82, 2.24) is 0 Å². The molecule has 6 unspecified atom stereocenters. The first kappa shape index (κ1) is 88.9. The third-order valence-corrected chi connectivity index (χ3v) is 11.3. The van der Waals surface area contributed by atoms with Gasteiger partial charge in [0.25, 0.3) is 32.4 Å². The van der Waals surface area contributed by atoms with Crippen LogP contribution < -0.4 is 0 Å². The molecule has 0 heterocycles. The van der Waals surface area contributed by atoms with Gasteiger partial charge in [-0.1, -0.05) is 6.92 Å². The van der Waals surface area contributed by atoms with Crippen molar-refractivity contribution in [1.29, 1.82) is 0 Å². The maximum absolute atomic E-state index is 10.9. The second-order valence-corrected chi connectivity index (χ2v) is 18.9. The third-order valence-electron chi connectivity index (χ3n) is 11.3. The highest BCUT2D eigenvalue weighted by Gasteiger charge is 2.21. The van der Waals surface area contributed by atoms with Crippen LogP contribution in [0, 0.1) is 0 Å². The standard InChI is InChI=1S/C58H106O35/c1-2-5-67-9-16-75-35-52(87-29-23-69-8-4-58(64)65)37-82-39-54(89-31-25-71-12-19-78-48-60)41-84-43-56(91-33-27-73-14-21-80-50-62)45-86-46-57(92-34-28-74-15-22-81-51-63)44-85-42-55(90-32-26-72-13-20-79-49-61)40-83-38-53(88-30-24-70-11-18-77-47-59)36-76-17-10-68-6-3-7-93-66/h47-57,66H,2-46H2,1H3,(H,64,65). The molecule has 0 spiro atoms. The highest BCUT2D eigenvalue weighted by atomic mass is 17.1. The molecular formula is C58H106O35. The lowest BCUT2D eigenvalue weighted by Crippen LogP contribution is -2.36. The van der Waals surface area contributed by atoms with Crippen molar-refractivity contribution in [3.05, 3.63) is 0 Å². The van der Waals surface area contributed by atoms with Crippen LogP contribution in [0.15, 0.2) is 0 Å². The van der Waals surface area contributed by atoms with E-state index in [1.165, 1.54) is 0 Å². The molecule has 2 N–H and O–H groups in total. The Morgan fingerprint density at radius 2 is 0.484 bits per heavy atom. The maximum atomic E-state index is 10.9. The van der Waals surface area contributed by atoms with Crippen molar-refractivity contribution >= 4 is 38.3 Å². The zero-order chi connectivity index (χ0) is 67.5. The zero-order valence-electron chi connectivity index (χ0n) is 54.0. The van der Waals surface area contributed by atoms with E-state index in [1.807, 2.05) is 6.92 Å². The number of carboxylic acid groups (broad SMARTS) is 1. The minimum absolute atomic E-state index is 0.00120. The first-order valence-corrected chi connectivity index (χ1v) is 31.0. The highest BCUT2D eigenvalue weighted by Crippen LogP contribution is 2.07. The van der Waals surface area contributed by atoms with E-state index in [4.69, 9.17) is 129 Å². The molecule has 0 aromatic carbocycles. The third kappa shape index (κ3) is 67.7. The van der Waals surface area contributed by atoms with Crippen molar-refractivity contribution < 1.29 is 167 Å². The largest absolute Gasteiger partial charge is 0.481 e. The lowest BCUT2D eigenvalue weighted by atomic mass is 10.3. The fourth-order valence-corrected chi connectivity index (χ4v) is 6.95. The molecule has 0 fully saturated rings. The number of rotatable bonds is 83. The van der Waals surface area contributed by atoms with Gasteiger partial charge in [-0.05, 0) is 12.8 Å². The van der Waals surface area contributed by atoms with E-state index in [0.29, 0.717) is 65.2 Å². The number of carboxylic acids is 1. The number of hydrogen-bond donors (Lipinski definition) is 2. The molecule has 6 atom stereocenters. The Bertz CT molecular complexity index is 1580. The average Bonchev–Trinajstić information content (AvgIpc) is 3.77. The molecule has 0 rings (SSSR count). The summed E-state index contributed by atoms with van der Waals surface area (Å²) in [5.41, 5.74) is 0. The summed E-state index contributed by atoms with van der Waals surface area (Å²) in [7, 11) is 0. The van der Waals surface area contributed by atoms with Gasteiger partial charge in [-0.15, -0.1) is 0 Å². The van der Waals surface area contributed by atoms with Crippen LogP contribution in [-0.4, -0.2) is 363 Å². The van der Waals surface area contributed by atoms with E-state index in [0.717, 1.165) is 6.42 Å². The molecule has 35 nitrogen and oxygen atoms in total. The smallest absolute Gasteiger partial charge is 0.305 e. The normalized spacial score (nSPS) is 13.4. The van der Waals surface area contributed by atoms with Gasteiger partial charge in [0.15, 0.2) is 0 Å². The molecule has 0 saturated carbocycles. The number of carbonyl (C=O) groups is 6. The van der Waals surface area contributed by atoms with Gasteiger partial charge in [-0.25, -0.2) is 4.89 Å². The van der Waals surface area contributed by atoms with E-state index in [2.05, 4.69) is 9.62 Å². The first-order chi connectivity index (χ1) is 45.9. The summed E-state index contributed by atoms with van der Waals surface area (Å²) in [6.07, 6.45) is -2.51. The van der Waals surface area contributed by atoms with E-state index in [1.54, 1.807) is 0 Å². The molecule has 0 aliphatic rings. The van der Waals surface area contributed by atoms with Crippen LogP contribution in [0.3, 0.4) is 0 Å². The van der Waals surface area contributed by atoms with E-state index < -0.39 is 42.6 Å². The van der Waals surface area contributed by atoms with Crippen LogP contribution in [-0.2, 0) is 157 Å². The van der Waals surface area contributed by atoms with Crippen molar-refractivity contribution in [2.24, 2.45) is 0 Å². The number of aliphatic carboxylic acids is 1. The second-order valence-electron chi connectivity index (χ2n) is 18.9. The van der Waals surface area contributed by atoms with Crippen molar-refractivity contribution in [2.75, 3.05) is 277 Å². The zero-order valence-corrected chi connectivity index (χ0v) is 54.0. The Hall–Kier alpha value is -4.10. The van der Waals surface area contributed by atoms with Gasteiger partial charge in [0.05, 0.1) is 238 Å². The molecule has 0 aliphatic carbocycles. The van der Waals surface area contributed by atoms with Gasteiger partial charge in [-0.2, -0.15) is 0 Å². The first-order valence-electron chi connectivity index (χ1n) is 31.0. The highest BCUT2D eigenvalue weighted by molar-refractivity contribution is 5.66. The Morgan fingerprint density at radius 3 is 0.731 bits per heavy atom. The van der Waals surface area contributed by atoms with Crippen molar-refractivity contribution in [3.8, 4) is 0 Å². The number of carbonyl (C=O) groups excluding carboxylic acids is 5. The molecule has 0 bridgehead atoms. The van der Waals surface area contributed by atoms with Crippen molar-refractivity contribution in [2.45, 2.75) is 62.8 Å². The SMILES string of the molecule is CCCOCCOCC(COCC(COCC(COCC(COCC(COCC(COCCOCCCOO)OCCOCCOC=O)OCCOCCOC=O)OCCOCCOC=O)OCCOCCOC=O)OCCOCCOC=O)OCCOCCC(=O)O. The maximum Gasteiger partial charge on any atom is 0.305 e. The molecule has 0 aromatic rings. The fraction of sp³-hybridized carbons (Fsp3) is 0.897. The Labute approximate surface area is 544 Å². The van der Waals surface area contributed by atoms with Crippen LogP contribution in [0.4, 0.5) is 0 Å². The summed E-state index contributed by atoms with van der Waals surface area (Å²) < 4.78 is 146. The minimum atomic E-state index is -0.975. The molecule has 0 amide bonds.